The Kier molecular flexibility index (Phi) is 4.01. The number of hydrogen-bond donors (Lipinski definition) is 1. The molecule has 0 unspecified atom stereocenters. The fraction of sp³-hybridized carbons (Fsp3) is 0.571. The average Bonchev–Trinajstić information content (AvgIpc) is 3.01. The van der Waals surface area contributed by atoms with Gasteiger partial charge in [0.15, 0.2) is 0 Å². The molecule has 20 heavy (non-hydrogen) atoms. The van der Waals surface area contributed by atoms with Crippen molar-refractivity contribution in [3.8, 4) is 0 Å². The van der Waals surface area contributed by atoms with Crippen LogP contribution in [0.1, 0.15) is 25.7 Å². The molecule has 0 spiro atoms. The summed E-state index contributed by atoms with van der Waals surface area (Å²) in [7, 11) is -3.58. The van der Waals surface area contributed by atoms with Crippen molar-refractivity contribution in [2.75, 3.05) is 6.54 Å². The molecule has 2 bridgehead atoms. The molecule has 1 N–H and O–H groups in total. The minimum atomic E-state index is -3.58. The highest BCUT2D eigenvalue weighted by Crippen LogP contribution is 2.48. The number of fused-ring (bicyclic) bond motifs is 2. The Morgan fingerprint density at radius 3 is 2.65 bits per heavy atom. The Hall–Kier alpha value is -0.290. The third-order valence-electron chi connectivity index (χ3n) is 4.60. The lowest BCUT2D eigenvalue weighted by Crippen LogP contribution is -2.31. The molecule has 2 aliphatic carbocycles. The Labute approximate surface area is 129 Å². The minimum Gasteiger partial charge on any atom is -0.211 e. The largest absolute Gasteiger partial charge is 0.242 e. The monoisotopic (exact) mass is 333 g/mol. The summed E-state index contributed by atoms with van der Waals surface area (Å²) in [5.74, 6) is 1.98. The van der Waals surface area contributed by atoms with Gasteiger partial charge in [-0.2, -0.15) is 0 Å². The van der Waals surface area contributed by atoms with Crippen molar-refractivity contribution in [1.82, 2.24) is 4.72 Å². The second-order valence-corrected chi connectivity index (χ2v) is 8.44. The standard InChI is InChI=1S/C14H17Cl2NO2S/c15-12-3-4-13(16)14(7-12)20(18,19)17-8-11-6-9-1-2-10(11)5-9/h3-4,7,9-11,17H,1-2,5-6,8H2/t9-,10+,11+/m0/s1. The molecule has 110 valence electrons. The topological polar surface area (TPSA) is 46.2 Å². The maximum atomic E-state index is 12.3. The van der Waals surface area contributed by atoms with Crippen LogP contribution in [0.2, 0.25) is 10.0 Å². The number of hydrogen-bond acceptors (Lipinski definition) is 2. The zero-order valence-corrected chi connectivity index (χ0v) is 13.3. The van der Waals surface area contributed by atoms with Gasteiger partial charge >= 0.3 is 0 Å². The van der Waals surface area contributed by atoms with Crippen LogP contribution in [-0.4, -0.2) is 15.0 Å². The second kappa shape index (κ2) is 5.48. The Bertz CT molecular complexity index is 618. The van der Waals surface area contributed by atoms with Gasteiger partial charge in [0.05, 0.1) is 5.02 Å². The molecular weight excluding hydrogens is 317 g/mol. The van der Waals surface area contributed by atoms with E-state index in [1.807, 2.05) is 0 Å². The summed E-state index contributed by atoms with van der Waals surface area (Å²) in [4.78, 5) is 0.0647. The van der Waals surface area contributed by atoms with Gasteiger partial charge < -0.3 is 0 Å². The fourth-order valence-electron chi connectivity index (χ4n) is 3.60. The first-order chi connectivity index (χ1) is 9.45. The minimum absolute atomic E-state index is 0.0647. The molecule has 0 radical (unpaired) electrons. The molecule has 0 saturated heterocycles. The van der Waals surface area contributed by atoms with E-state index in [1.165, 1.54) is 31.4 Å². The number of sulfonamides is 1. The second-order valence-electron chi connectivity index (χ2n) is 5.86. The van der Waals surface area contributed by atoms with Crippen molar-refractivity contribution in [3.63, 3.8) is 0 Å². The van der Waals surface area contributed by atoms with Gasteiger partial charge in [-0.05, 0) is 55.2 Å². The van der Waals surface area contributed by atoms with Crippen LogP contribution in [0.3, 0.4) is 0 Å². The van der Waals surface area contributed by atoms with E-state index in [9.17, 15) is 8.42 Å². The first-order valence-corrected chi connectivity index (χ1v) is 9.14. The Morgan fingerprint density at radius 2 is 2.00 bits per heavy atom. The van der Waals surface area contributed by atoms with Crippen molar-refractivity contribution < 1.29 is 8.42 Å². The highest BCUT2D eigenvalue weighted by Gasteiger charge is 2.39. The van der Waals surface area contributed by atoms with Crippen LogP contribution in [-0.2, 0) is 10.0 Å². The normalized spacial score (nSPS) is 29.0. The number of nitrogens with one attached hydrogen (secondary N) is 1. The van der Waals surface area contributed by atoms with Crippen molar-refractivity contribution in [2.45, 2.75) is 30.6 Å². The summed E-state index contributed by atoms with van der Waals surface area (Å²) in [6, 6.07) is 4.49. The summed E-state index contributed by atoms with van der Waals surface area (Å²) >= 11 is 11.8. The lowest BCUT2D eigenvalue weighted by molar-refractivity contribution is 0.333. The maximum absolute atomic E-state index is 12.3. The first kappa shape index (κ1) is 14.6. The van der Waals surface area contributed by atoms with Crippen LogP contribution in [0.4, 0.5) is 0 Å². The summed E-state index contributed by atoms with van der Waals surface area (Å²) in [5.41, 5.74) is 0. The lowest BCUT2D eigenvalue weighted by atomic mass is 9.89. The van der Waals surface area contributed by atoms with E-state index in [0.29, 0.717) is 23.4 Å². The van der Waals surface area contributed by atoms with Gasteiger partial charge in [-0.25, -0.2) is 13.1 Å². The SMILES string of the molecule is O=S(=O)(NC[C@H]1C[C@H]2CC[C@@H]1C2)c1cc(Cl)ccc1Cl. The Morgan fingerprint density at radius 1 is 1.20 bits per heavy atom. The number of halogens is 2. The van der Waals surface area contributed by atoms with E-state index >= 15 is 0 Å². The van der Waals surface area contributed by atoms with Gasteiger partial charge in [0.2, 0.25) is 10.0 Å². The van der Waals surface area contributed by atoms with Crippen LogP contribution in [0.5, 0.6) is 0 Å². The predicted molar refractivity (Wildman–Crippen MR) is 80.6 cm³/mol. The van der Waals surface area contributed by atoms with Gasteiger partial charge in [0.1, 0.15) is 4.90 Å². The third kappa shape index (κ3) is 2.84. The molecule has 0 aromatic heterocycles. The fourth-order valence-corrected chi connectivity index (χ4v) is 5.46. The molecule has 1 aromatic carbocycles. The zero-order chi connectivity index (χ0) is 14.3. The molecule has 2 fully saturated rings. The highest BCUT2D eigenvalue weighted by molar-refractivity contribution is 7.89. The quantitative estimate of drug-likeness (QED) is 0.912. The summed E-state index contributed by atoms with van der Waals surface area (Å²) in [5, 5.41) is 0.574. The van der Waals surface area contributed by atoms with Gasteiger partial charge in [0.25, 0.3) is 0 Å². The molecule has 2 aliphatic rings. The van der Waals surface area contributed by atoms with Crippen molar-refractivity contribution in [2.24, 2.45) is 17.8 Å². The molecule has 0 heterocycles. The van der Waals surface area contributed by atoms with Crippen LogP contribution in [0, 0.1) is 17.8 Å². The molecule has 0 amide bonds. The number of rotatable bonds is 4. The highest BCUT2D eigenvalue weighted by atomic mass is 35.5. The van der Waals surface area contributed by atoms with Crippen LogP contribution in [0.25, 0.3) is 0 Å². The predicted octanol–water partition coefficient (Wildman–Crippen LogP) is 3.71. The van der Waals surface area contributed by atoms with E-state index in [2.05, 4.69) is 4.72 Å². The molecule has 2 saturated carbocycles. The number of benzene rings is 1. The summed E-state index contributed by atoms with van der Waals surface area (Å²) in [6.07, 6.45) is 4.98. The van der Waals surface area contributed by atoms with Crippen LogP contribution >= 0.6 is 23.2 Å². The molecule has 3 rings (SSSR count). The summed E-state index contributed by atoms with van der Waals surface area (Å²) in [6.45, 7) is 0.506. The van der Waals surface area contributed by atoms with Crippen molar-refractivity contribution >= 4 is 33.2 Å². The van der Waals surface area contributed by atoms with Crippen LogP contribution < -0.4 is 4.72 Å². The van der Waals surface area contributed by atoms with E-state index in [0.717, 1.165) is 12.3 Å². The lowest BCUT2D eigenvalue weighted by Gasteiger charge is -2.21. The smallest absolute Gasteiger partial charge is 0.211 e. The average molecular weight is 334 g/mol. The molecule has 1 aromatic rings. The molecule has 6 heteroatoms. The van der Waals surface area contributed by atoms with E-state index in [-0.39, 0.29) is 9.92 Å². The molecule has 3 atom stereocenters. The van der Waals surface area contributed by atoms with E-state index in [4.69, 9.17) is 23.2 Å². The van der Waals surface area contributed by atoms with Gasteiger partial charge in [0, 0.05) is 11.6 Å². The zero-order valence-electron chi connectivity index (χ0n) is 11.0. The Balaban J connectivity index is 1.71. The maximum Gasteiger partial charge on any atom is 0.242 e. The van der Waals surface area contributed by atoms with E-state index < -0.39 is 10.0 Å². The van der Waals surface area contributed by atoms with Gasteiger partial charge in [-0.15, -0.1) is 0 Å². The molecule has 3 nitrogen and oxygen atoms in total. The van der Waals surface area contributed by atoms with Gasteiger partial charge in [-0.3, -0.25) is 0 Å². The first-order valence-electron chi connectivity index (χ1n) is 6.90. The summed E-state index contributed by atoms with van der Waals surface area (Å²) < 4.78 is 27.3. The van der Waals surface area contributed by atoms with Crippen molar-refractivity contribution in [1.29, 1.82) is 0 Å². The van der Waals surface area contributed by atoms with Crippen molar-refractivity contribution in [3.05, 3.63) is 28.2 Å². The van der Waals surface area contributed by atoms with Crippen LogP contribution in [0.15, 0.2) is 23.1 Å². The third-order valence-corrected chi connectivity index (χ3v) is 6.74. The molecule has 0 aliphatic heterocycles. The van der Waals surface area contributed by atoms with Gasteiger partial charge in [-0.1, -0.05) is 29.6 Å². The van der Waals surface area contributed by atoms with E-state index in [1.54, 1.807) is 6.07 Å². The molecular formula is C14H17Cl2NO2S.